The number of nitrogens with one attached hydrogen (secondary N) is 2. The van der Waals surface area contributed by atoms with Gasteiger partial charge in [0.2, 0.25) is 15.9 Å². The third kappa shape index (κ3) is 6.13. The summed E-state index contributed by atoms with van der Waals surface area (Å²) < 4.78 is 13.0. The molecule has 1 atom stereocenters. The molecule has 2 heterocycles. The molecule has 0 spiro atoms. The first-order chi connectivity index (χ1) is 16.0. The minimum absolute atomic E-state index is 0.0241. The molecule has 1 aromatic heterocycles. The minimum Gasteiger partial charge on any atom is -0.353 e. The highest BCUT2D eigenvalue weighted by Gasteiger charge is 2.31. The van der Waals surface area contributed by atoms with E-state index in [9.17, 15) is 18.8 Å². The van der Waals surface area contributed by atoms with Crippen LogP contribution in [0.1, 0.15) is 71.0 Å². The fraction of sp³-hybridized carbons (Fsp3) is 0.522. The highest BCUT2D eigenvalue weighted by atomic mass is 32.1. The van der Waals surface area contributed by atoms with E-state index in [0.29, 0.717) is 18.8 Å². The Morgan fingerprint density at radius 1 is 0.939 bits per heavy atom. The van der Waals surface area contributed by atoms with E-state index < -0.39 is 11.7 Å². The number of likely N-dealkylation sites (tertiary alicyclic amines) is 1. The number of anilines is 1. The summed E-state index contributed by atoms with van der Waals surface area (Å²) in [5.74, 6) is -1.45. The van der Waals surface area contributed by atoms with Crippen LogP contribution >= 0.6 is 11.3 Å². The number of carbonyl (C=O) groups is 3. The summed E-state index contributed by atoms with van der Waals surface area (Å²) in [4.78, 5) is 39.8. The largest absolute Gasteiger partial charge is 0.353 e. The smallest absolute Gasteiger partial charge is 0.286 e. The van der Waals surface area contributed by atoms with Crippen molar-refractivity contribution >= 4 is 34.7 Å². The van der Waals surface area contributed by atoms with Crippen LogP contribution < -0.4 is 10.6 Å². The van der Waals surface area contributed by atoms with Crippen LogP contribution in [0.25, 0.3) is 0 Å². The molecule has 1 saturated heterocycles. The maximum Gasteiger partial charge on any atom is 0.286 e. The highest BCUT2D eigenvalue weighted by Crippen LogP contribution is 2.23. The number of hydrogen-bond acceptors (Lipinski definition) is 6. The topological polar surface area (TPSA) is 104 Å². The van der Waals surface area contributed by atoms with Crippen LogP contribution in [0.2, 0.25) is 0 Å². The molecule has 1 aliphatic heterocycles. The second kappa shape index (κ2) is 10.8. The Morgan fingerprint density at radius 3 is 2.36 bits per heavy atom. The quantitative estimate of drug-likeness (QED) is 0.646. The predicted octanol–water partition coefficient (Wildman–Crippen LogP) is 3.62. The fourth-order valence-electron chi connectivity index (χ4n) is 4.37. The van der Waals surface area contributed by atoms with Crippen molar-refractivity contribution in [2.24, 2.45) is 5.92 Å². The second-order valence-electron chi connectivity index (χ2n) is 8.66. The van der Waals surface area contributed by atoms with Gasteiger partial charge in [-0.15, -0.1) is 10.2 Å². The lowest BCUT2D eigenvalue weighted by Crippen LogP contribution is -2.47. The summed E-state index contributed by atoms with van der Waals surface area (Å²) in [5, 5.41) is 13.7. The molecule has 2 N–H and O–H groups in total. The Balaban J connectivity index is 1.33. The van der Waals surface area contributed by atoms with E-state index >= 15 is 0 Å². The molecular formula is C23H28FN5O3S. The summed E-state index contributed by atoms with van der Waals surface area (Å²) in [5.41, 5.74) is 0.419. The third-order valence-electron chi connectivity index (χ3n) is 6.19. The van der Waals surface area contributed by atoms with Gasteiger partial charge in [0.25, 0.3) is 11.8 Å². The number of amides is 3. The molecule has 0 radical (unpaired) electrons. The van der Waals surface area contributed by atoms with Crippen LogP contribution in [0.5, 0.6) is 0 Å². The number of carbonyl (C=O) groups excluding carboxylic acids is 3. The van der Waals surface area contributed by atoms with Gasteiger partial charge in [0, 0.05) is 24.8 Å². The average molecular weight is 474 g/mol. The molecule has 4 rings (SSSR count). The molecular weight excluding hydrogens is 445 g/mol. The molecule has 0 bridgehead atoms. The molecule has 8 nitrogen and oxygen atoms in total. The number of piperidine rings is 1. The summed E-state index contributed by atoms with van der Waals surface area (Å²) in [7, 11) is 0. The van der Waals surface area contributed by atoms with Gasteiger partial charge in [-0.1, -0.05) is 37.0 Å². The summed E-state index contributed by atoms with van der Waals surface area (Å²) in [6.07, 6.45) is 8.29. The standard InChI is InChI=1S/C23H28FN5O3S/c24-16-9-11-18(12-10-16)26-20(31)21-27-28-22(33-21)23(32)29-13-5-6-15(14-29)19(30)25-17-7-3-1-2-4-8-17/h9-12,15,17H,1-8,13-14H2,(H,25,30)(H,26,31). The number of benzene rings is 1. The van der Waals surface area contributed by atoms with Gasteiger partial charge >= 0.3 is 0 Å². The molecule has 2 aromatic rings. The average Bonchev–Trinajstić information content (AvgIpc) is 3.19. The Labute approximate surface area is 196 Å². The number of nitrogens with zero attached hydrogens (tertiary/aromatic N) is 3. The van der Waals surface area contributed by atoms with Gasteiger partial charge < -0.3 is 15.5 Å². The summed E-state index contributed by atoms with van der Waals surface area (Å²) >= 11 is 0.905. The maximum absolute atomic E-state index is 13.0. The molecule has 10 heteroatoms. The second-order valence-corrected chi connectivity index (χ2v) is 9.64. The molecule has 1 saturated carbocycles. The van der Waals surface area contributed by atoms with E-state index in [-0.39, 0.29) is 33.8 Å². The van der Waals surface area contributed by atoms with Crippen molar-refractivity contribution in [1.29, 1.82) is 0 Å². The molecule has 2 fully saturated rings. The lowest BCUT2D eigenvalue weighted by Gasteiger charge is -2.32. The van der Waals surface area contributed by atoms with Crippen molar-refractivity contribution in [3.05, 3.63) is 40.1 Å². The van der Waals surface area contributed by atoms with E-state index in [2.05, 4.69) is 20.8 Å². The van der Waals surface area contributed by atoms with E-state index in [1.54, 1.807) is 4.90 Å². The monoisotopic (exact) mass is 473 g/mol. The van der Waals surface area contributed by atoms with Gasteiger partial charge in [-0.2, -0.15) is 0 Å². The van der Waals surface area contributed by atoms with Crippen LogP contribution in [0.3, 0.4) is 0 Å². The van der Waals surface area contributed by atoms with Crippen molar-refractivity contribution in [1.82, 2.24) is 20.4 Å². The van der Waals surface area contributed by atoms with Gasteiger partial charge in [-0.25, -0.2) is 4.39 Å². The van der Waals surface area contributed by atoms with Crippen LogP contribution in [-0.2, 0) is 4.79 Å². The predicted molar refractivity (Wildman–Crippen MR) is 123 cm³/mol. The van der Waals surface area contributed by atoms with Crippen molar-refractivity contribution < 1.29 is 18.8 Å². The van der Waals surface area contributed by atoms with Crippen molar-refractivity contribution in [2.45, 2.75) is 57.4 Å². The van der Waals surface area contributed by atoms with Crippen molar-refractivity contribution in [3.8, 4) is 0 Å². The number of halogens is 1. The van der Waals surface area contributed by atoms with Gasteiger partial charge in [0.05, 0.1) is 5.92 Å². The van der Waals surface area contributed by atoms with Gasteiger partial charge in [-0.3, -0.25) is 14.4 Å². The molecule has 1 aliphatic carbocycles. The van der Waals surface area contributed by atoms with Gasteiger partial charge in [-0.05, 0) is 49.9 Å². The molecule has 1 unspecified atom stereocenters. The van der Waals surface area contributed by atoms with Crippen LogP contribution in [0.4, 0.5) is 10.1 Å². The van der Waals surface area contributed by atoms with E-state index in [0.717, 1.165) is 49.9 Å². The number of aromatic nitrogens is 2. The van der Waals surface area contributed by atoms with Crippen LogP contribution in [0.15, 0.2) is 24.3 Å². The van der Waals surface area contributed by atoms with Crippen molar-refractivity contribution in [2.75, 3.05) is 18.4 Å². The number of hydrogen-bond donors (Lipinski definition) is 2. The van der Waals surface area contributed by atoms with Crippen LogP contribution in [0, 0.1) is 11.7 Å². The van der Waals surface area contributed by atoms with Gasteiger partial charge in [0.15, 0.2) is 0 Å². The summed E-state index contributed by atoms with van der Waals surface area (Å²) in [6.45, 7) is 0.886. The highest BCUT2D eigenvalue weighted by molar-refractivity contribution is 7.15. The lowest BCUT2D eigenvalue weighted by molar-refractivity contribution is -0.127. The zero-order valence-corrected chi connectivity index (χ0v) is 19.2. The third-order valence-corrected chi connectivity index (χ3v) is 7.10. The zero-order valence-electron chi connectivity index (χ0n) is 18.4. The Kier molecular flexibility index (Phi) is 7.64. The maximum atomic E-state index is 13.0. The number of rotatable bonds is 5. The van der Waals surface area contributed by atoms with Gasteiger partial charge in [0.1, 0.15) is 5.82 Å². The molecule has 33 heavy (non-hydrogen) atoms. The van der Waals surface area contributed by atoms with E-state index in [1.165, 1.54) is 37.1 Å². The molecule has 3 amide bonds. The van der Waals surface area contributed by atoms with Crippen LogP contribution in [-0.4, -0.2) is 52.0 Å². The summed E-state index contributed by atoms with van der Waals surface area (Å²) in [6, 6.07) is 5.59. The van der Waals surface area contributed by atoms with E-state index in [1.807, 2.05) is 0 Å². The molecule has 2 aliphatic rings. The fourth-order valence-corrected chi connectivity index (χ4v) is 5.08. The first-order valence-electron chi connectivity index (χ1n) is 11.5. The van der Waals surface area contributed by atoms with Crippen molar-refractivity contribution in [3.63, 3.8) is 0 Å². The lowest BCUT2D eigenvalue weighted by atomic mass is 9.96. The van der Waals surface area contributed by atoms with E-state index in [4.69, 9.17) is 0 Å². The molecule has 1 aromatic carbocycles. The SMILES string of the molecule is O=C(Nc1ccc(F)cc1)c1nnc(C(=O)N2CCCC(C(=O)NC3CCCCCC3)C2)s1. The Morgan fingerprint density at radius 2 is 1.64 bits per heavy atom. The normalized spacial score (nSPS) is 19.5. The zero-order chi connectivity index (χ0) is 23.2. The Bertz CT molecular complexity index is 988. The Hall–Kier alpha value is -2.88. The first kappa shape index (κ1) is 23.3. The minimum atomic E-state index is -0.516. The molecule has 176 valence electrons. The first-order valence-corrected chi connectivity index (χ1v) is 12.3.